The summed E-state index contributed by atoms with van der Waals surface area (Å²) >= 11 is 5.77. The van der Waals surface area contributed by atoms with Gasteiger partial charge in [-0.3, -0.25) is 0 Å². The summed E-state index contributed by atoms with van der Waals surface area (Å²) in [5, 5.41) is 10.3. The molecule has 0 saturated carbocycles. The fraction of sp³-hybridized carbons (Fsp3) is 0.222. The monoisotopic (exact) mass is 277 g/mol. The molecule has 0 unspecified atom stereocenters. The van der Waals surface area contributed by atoms with Crippen molar-refractivity contribution in [3.05, 3.63) is 23.2 Å². The molecule has 9 heteroatoms. The van der Waals surface area contributed by atoms with Crippen molar-refractivity contribution in [2.24, 2.45) is 0 Å². The second kappa shape index (κ2) is 4.45. The number of nitrogens with zero attached hydrogens (tertiary/aromatic N) is 4. The first-order valence-electron chi connectivity index (χ1n) is 4.74. The SMILES string of the molecule is Nc1cc(Cl)cc(-c2nnnn2CC(F)(F)F)c1. The standard InChI is InChI=1S/C9H7ClF3N5/c10-6-1-5(2-7(14)3-6)8-15-16-17-18(8)4-9(11,12)13/h1-3H,4,14H2. The van der Waals surface area contributed by atoms with Gasteiger partial charge in [-0.05, 0) is 28.6 Å². The van der Waals surface area contributed by atoms with Crippen LogP contribution in [-0.4, -0.2) is 26.4 Å². The largest absolute Gasteiger partial charge is 0.408 e. The third-order valence-electron chi connectivity index (χ3n) is 2.04. The van der Waals surface area contributed by atoms with Gasteiger partial charge in [-0.15, -0.1) is 5.10 Å². The Morgan fingerprint density at radius 1 is 1.28 bits per heavy atom. The number of rotatable bonds is 2. The van der Waals surface area contributed by atoms with E-state index < -0.39 is 12.7 Å². The predicted molar refractivity (Wildman–Crippen MR) is 58.7 cm³/mol. The lowest BCUT2D eigenvalue weighted by molar-refractivity contribution is -0.142. The molecule has 1 aromatic heterocycles. The molecule has 96 valence electrons. The highest BCUT2D eigenvalue weighted by Gasteiger charge is 2.30. The van der Waals surface area contributed by atoms with Gasteiger partial charge in [0.2, 0.25) is 0 Å². The van der Waals surface area contributed by atoms with Crippen molar-refractivity contribution in [3.63, 3.8) is 0 Å². The number of aromatic nitrogens is 4. The Hall–Kier alpha value is -1.83. The Labute approximate surface area is 104 Å². The summed E-state index contributed by atoms with van der Waals surface area (Å²) < 4.78 is 37.6. The minimum absolute atomic E-state index is 0.0403. The molecule has 0 radical (unpaired) electrons. The quantitative estimate of drug-likeness (QED) is 0.854. The van der Waals surface area contributed by atoms with Crippen LogP contribution in [0.15, 0.2) is 18.2 Å². The molecule has 2 rings (SSSR count). The van der Waals surface area contributed by atoms with Gasteiger partial charge < -0.3 is 5.73 Å². The fourth-order valence-electron chi connectivity index (χ4n) is 1.43. The van der Waals surface area contributed by atoms with E-state index in [0.717, 1.165) is 0 Å². The Morgan fingerprint density at radius 2 is 2.00 bits per heavy atom. The lowest BCUT2D eigenvalue weighted by Crippen LogP contribution is -2.19. The van der Waals surface area contributed by atoms with Gasteiger partial charge in [0.05, 0.1) is 0 Å². The molecular weight excluding hydrogens is 271 g/mol. The van der Waals surface area contributed by atoms with E-state index in [1.54, 1.807) is 0 Å². The zero-order chi connectivity index (χ0) is 13.3. The summed E-state index contributed by atoms with van der Waals surface area (Å²) in [5.74, 6) is -0.0403. The third-order valence-corrected chi connectivity index (χ3v) is 2.26. The van der Waals surface area contributed by atoms with Crippen LogP contribution in [-0.2, 0) is 6.54 Å². The van der Waals surface area contributed by atoms with E-state index in [-0.39, 0.29) is 5.82 Å². The van der Waals surface area contributed by atoms with Crippen molar-refractivity contribution in [1.82, 2.24) is 20.2 Å². The highest BCUT2D eigenvalue weighted by atomic mass is 35.5. The van der Waals surface area contributed by atoms with Crippen LogP contribution < -0.4 is 5.73 Å². The van der Waals surface area contributed by atoms with E-state index in [2.05, 4.69) is 15.5 Å². The number of tetrazole rings is 1. The maximum absolute atomic E-state index is 12.3. The van der Waals surface area contributed by atoms with Crippen LogP contribution in [0.1, 0.15) is 0 Å². The molecule has 5 nitrogen and oxygen atoms in total. The molecule has 1 aromatic carbocycles. The summed E-state index contributed by atoms with van der Waals surface area (Å²) in [6, 6.07) is 4.36. The van der Waals surface area contributed by atoms with Crippen LogP contribution in [0.5, 0.6) is 0 Å². The van der Waals surface area contributed by atoms with Crippen molar-refractivity contribution in [2.45, 2.75) is 12.7 Å². The lowest BCUT2D eigenvalue weighted by Gasteiger charge is -2.08. The number of alkyl halides is 3. The smallest absolute Gasteiger partial charge is 0.399 e. The van der Waals surface area contributed by atoms with E-state index in [4.69, 9.17) is 17.3 Å². The minimum atomic E-state index is -4.41. The molecule has 0 aliphatic carbocycles. The Balaban J connectivity index is 2.42. The van der Waals surface area contributed by atoms with Crippen molar-refractivity contribution in [1.29, 1.82) is 0 Å². The second-order valence-corrected chi connectivity index (χ2v) is 3.98. The summed E-state index contributed by atoms with van der Waals surface area (Å²) in [6.07, 6.45) is -4.41. The summed E-state index contributed by atoms with van der Waals surface area (Å²) in [4.78, 5) is 0. The molecule has 0 spiro atoms. The Bertz CT molecular complexity index is 545. The molecule has 0 atom stereocenters. The molecule has 1 heterocycles. The van der Waals surface area contributed by atoms with Gasteiger partial charge in [-0.1, -0.05) is 11.6 Å². The zero-order valence-corrected chi connectivity index (χ0v) is 9.57. The van der Waals surface area contributed by atoms with Gasteiger partial charge in [0.25, 0.3) is 0 Å². The number of benzene rings is 1. The van der Waals surface area contributed by atoms with Crippen molar-refractivity contribution in [2.75, 3.05) is 5.73 Å². The van der Waals surface area contributed by atoms with E-state index >= 15 is 0 Å². The second-order valence-electron chi connectivity index (χ2n) is 3.55. The first-order chi connectivity index (χ1) is 8.35. The van der Waals surface area contributed by atoms with Crippen LogP contribution in [0, 0.1) is 0 Å². The Kier molecular flexibility index (Phi) is 3.12. The average Bonchev–Trinajstić information content (AvgIpc) is 2.61. The van der Waals surface area contributed by atoms with Gasteiger partial charge in [-0.2, -0.15) is 13.2 Å². The van der Waals surface area contributed by atoms with E-state index in [0.29, 0.717) is 21.0 Å². The van der Waals surface area contributed by atoms with E-state index in [1.165, 1.54) is 18.2 Å². The minimum Gasteiger partial charge on any atom is -0.399 e. The highest BCUT2D eigenvalue weighted by Crippen LogP contribution is 2.26. The number of hydrogen-bond donors (Lipinski definition) is 1. The highest BCUT2D eigenvalue weighted by molar-refractivity contribution is 6.31. The van der Waals surface area contributed by atoms with Crippen LogP contribution in [0.25, 0.3) is 11.4 Å². The Morgan fingerprint density at radius 3 is 2.61 bits per heavy atom. The maximum atomic E-state index is 12.3. The normalized spacial score (nSPS) is 11.8. The third kappa shape index (κ3) is 2.89. The molecule has 0 bridgehead atoms. The molecule has 2 N–H and O–H groups in total. The average molecular weight is 278 g/mol. The topological polar surface area (TPSA) is 69.6 Å². The number of anilines is 1. The van der Waals surface area contributed by atoms with Gasteiger partial charge in [0.15, 0.2) is 5.82 Å². The number of halogens is 4. The fourth-order valence-corrected chi connectivity index (χ4v) is 1.67. The van der Waals surface area contributed by atoms with Crippen LogP contribution in [0.2, 0.25) is 5.02 Å². The summed E-state index contributed by atoms with van der Waals surface area (Å²) in [7, 11) is 0. The van der Waals surface area contributed by atoms with Gasteiger partial charge in [0, 0.05) is 16.3 Å². The summed E-state index contributed by atoms with van der Waals surface area (Å²) in [6.45, 7) is -1.28. The molecule has 0 amide bonds. The molecule has 2 aromatic rings. The van der Waals surface area contributed by atoms with E-state index in [9.17, 15) is 13.2 Å². The van der Waals surface area contributed by atoms with Crippen molar-refractivity contribution >= 4 is 17.3 Å². The van der Waals surface area contributed by atoms with Crippen molar-refractivity contribution < 1.29 is 13.2 Å². The molecule has 18 heavy (non-hydrogen) atoms. The predicted octanol–water partition coefficient (Wildman–Crippen LogP) is 2.14. The van der Waals surface area contributed by atoms with Crippen LogP contribution in [0.3, 0.4) is 0 Å². The first-order valence-corrected chi connectivity index (χ1v) is 5.12. The van der Waals surface area contributed by atoms with Gasteiger partial charge >= 0.3 is 6.18 Å². The molecule has 0 aliphatic rings. The van der Waals surface area contributed by atoms with Gasteiger partial charge in [0.1, 0.15) is 6.54 Å². The lowest BCUT2D eigenvalue weighted by atomic mass is 10.2. The summed E-state index contributed by atoms with van der Waals surface area (Å²) in [5.41, 5.74) is 6.20. The zero-order valence-electron chi connectivity index (χ0n) is 8.82. The van der Waals surface area contributed by atoms with Crippen molar-refractivity contribution in [3.8, 4) is 11.4 Å². The van der Waals surface area contributed by atoms with Crippen LogP contribution in [0.4, 0.5) is 18.9 Å². The first kappa shape index (κ1) is 12.6. The van der Waals surface area contributed by atoms with E-state index in [1.807, 2.05) is 0 Å². The number of hydrogen-bond acceptors (Lipinski definition) is 4. The molecular formula is C9H7ClF3N5. The van der Waals surface area contributed by atoms with Crippen LogP contribution >= 0.6 is 11.6 Å². The van der Waals surface area contributed by atoms with Gasteiger partial charge in [-0.25, -0.2) is 4.68 Å². The maximum Gasteiger partial charge on any atom is 0.408 e. The number of nitrogen functional groups attached to an aromatic ring is 1. The molecule has 0 fully saturated rings. The molecule has 0 aliphatic heterocycles. The molecule has 0 saturated heterocycles. The number of nitrogens with two attached hydrogens (primary N) is 1.